The number of halogens is 1. The Morgan fingerprint density at radius 3 is 2.31 bits per heavy atom. The van der Waals surface area contributed by atoms with Crippen molar-refractivity contribution in [3.8, 4) is 0 Å². The zero-order valence-electron chi connectivity index (χ0n) is 9.66. The molecule has 0 aliphatic rings. The summed E-state index contributed by atoms with van der Waals surface area (Å²) in [4.78, 5) is 11.0. The summed E-state index contributed by atoms with van der Waals surface area (Å²) in [5.74, 6) is -0.774. The molecule has 0 fully saturated rings. The molecule has 1 aromatic rings. The van der Waals surface area contributed by atoms with Crippen LogP contribution in [0, 0.1) is 0 Å². The van der Waals surface area contributed by atoms with Gasteiger partial charge < -0.3 is 5.11 Å². The second-order valence-corrected chi connectivity index (χ2v) is 4.44. The number of hydrogen-bond donors (Lipinski definition) is 1. The van der Waals surface area contributed by atoms with Crippen molar-refractivity contribution in [1.29, 1.82) is 0 Å². The van der Waals surface area contributed by atoms with E-state index in [1.54, 1.807) is 0 Å². The minimum atomic E-state index is -0.774. The van der Waals surface area contributed by atoms with Gasteiger partial charge in [-0.05, 0) is 24.5 Å². The molecule has 0 aliphatic carbocycles. The van der Waals surface area contributed by atoms with Gasteiger partial charge in [0.15, 0.2) is 0 Å². The zero-order valence-corrected chi connectivity index (χ0v) is 10.4. The lowest BCUT2D eigenvalue weighted by atomic mass is 9.73. The van der Waals surface area contributed by atoms with Crippen molar-refractivity contribution < 1.29 is 9.90 Å². The highest BCUT2D eigenvalue weighted by Gasteiger charge is 2.32. The molecule has 16 heavy (non-hydrogen) atoms. The molecule has 0 atom stereocenters. The topological polar surface area (TPSA) is 37.3 Å². The van der Waals surface area contributed by atoms with E-state index in [0.29, 0.717) is 5.02 Å². The van der Waals surface area contributed by atoms with Crippen molar-refractivity contribution in [2.45, 2.75) is 38.5 Å². The summed E-state index contributed by atoms with van der Waals surface area (Å²) in [5.41, 5.74) is 0.605. The van der Waals surface area contributed by atoms with Crippen LogP contribution in [0.2, 0.25) is 5.02 Å². The number of rotatable bonds is 5. The van der Waals surface area contributed by atoms with Gasteiger partial charge in [-0.25, -0.2) is 0 Å². The van der Waals surface area contributed by atoms with Gasteiger partial charge in [0.05, 0.1) is 6.42 Å². The van der Waals surface area contributed by atoms with Crippen LogP contribution in [-0.2, 0) is 10.2 Å². The van der Waals surface area contributed by atoms with Gasteiger partial charge in [0, 0.05) is 10.4 Å². The van der Waals surface area contributed by atoms with Crippen molar-refractivity contribution >= 4 is 17.6 Å². The maximum absolute atomic E-state index is 11.0. The van der Waals surface area contributed by atoms with E-state index in [9.17, 15) is 4.79 Å². The fourth-order valence-electron chi connectivity index (χ4n) is 2.16. The fourth-order valence-corrected chi connectivity index (χ4v) is 2.49. The first-order chi connectivity index (χ1) is 7.55. The second-order valence-electron chi connectivity index (χ2n) is 4.04. The third kappa shape index (κ3) is 2.56. The largest absolute Gasteiger partial charge is 0.481 e. The van der Waals surface area contributed by atoms with Crippen LogP contribution in [0.25, 0.3) is 0 Å². The molecule has 88 valence electrons. The van der Waals surface area contributed by atoms with Gasteiger partial charge in [-0.2, -0.15) is 0 Å². The molecule has 1 aromatic carbocycles. The maximum Gasteiger partial charge on any atom is 0.304 e. The lowest BCUT2D eigenvalue weighted by molar-refractivity contribution is -0.138. The predicted molar refractivity (Wildman–Crippen MR) is 66.0 cm³/mol. The molecule has 0 spiro atoms. The molecule has 0 unspecified atom stereocenters. The lowest BCUT2D eigenvalue weighted by Gasteiger charge is -2.31. The average Bonchev–Trinajstić information content (AvgIpc) is 2.26. The maximum atomic E-state index is 11.0. The van der Waals surface area contributed by atoms with Gasteiger partial charge >= 0.3 is 5.97 Å². The highest BCUT2D eigenvalue weighted by molar-refractivity contribution is 6.31. The van der Waals surface area contributed by atoms with Crippen LogP contribution in [0.3, 0.4) is 0 Å². The fraction of sp³-hybridized carbons (Fsp3) is 0.462. The monoisotopic (exact) mass is 240 g/mol. The third-order valence-electron chi connectivity index (χ3n) is 3.29. The van der Waals surface area contributed by atoms with Gasteiger partial charge in [0.25, 0.3) is 0 Å². The van der Waals surface area contributed by atoms with Crippen LogP contribution in [0.1, 0.15) is 38.7 Å². The zero-order chi connectivity index (χ0) is 12.2. The van der Waals surface area contributed by atoms with E-state index < -0.39 is 5.97 Å². The predicted octanol–water partition coefficient (Wildman–Crippen LogP) is 3.87. The first-order valence-corrected chi connectivity index (χ1v) is 5.90. The van der Waals surface area contributed by atoms with Crippen LogP contribution >= 0.6 is 11.6 Å². The Bertz CT molecular complexity index is 370. The molecule has 0 heterocycles. The van der Waals surface area contributed by atoms with Gasteiger partial charge in [0.1, 0.15) is 0 Å². The Morgan fingerprint density at radius 1 is 1.31 bits per heavy atom. The molecular weight excluding hydrogens is 224 g/mol. The van der Waals surface area contributed by atoms with Crippen molar-refractivity contribution in [3.05, 3.63) is 34.9 Å². The highest BCUT2D eigenvalue weighted by atomic mass is 35.5. The van der Waals surface area contributed by atoms with E-state index in [0.717, 1.165) is 18.4 Å². The van der Waals surface area contributed by atoms with Crippen LogP contribution in [0.5, 0.6) is 0 Å². The van der Waals surface area contributed by atoms with E-state index >= 15 is 0 Å². The molecule has 1 N–H and O–H groups in total. The molecule has 0 amide bonds. The van der Waals surface area contributed by atoms with Crippen LogP contribution in [-0.4, -0.2) is 11.1 Å². The summed E-state index contributed by atoms with van der Waals surface area (Å²) >= 11 is 6.16. The number of carboxylic acid groups (broad SMARTS) is 1. The third-order valence-corrected chi connectivity index (χ3v) is 3.62. The van der Waals surface area contributed by atoms with Gasteiger partial charge in [-0.1, -0.05) is 43.6 Å². The minimum absolute atomic E-state index is 0.129. The normalized spacial score (nSPS) is 11.4. The summed E-state index contributed by atoms with van der Waals surface area (Å²) in [6.07, 6.45) is 1.68. The Hall–Kier alpha value is -1.02. The Morgan fingerprint density at radius 2 is 1.88 bits per heavy atom. The standard InChI is InChI=1S/C13H17ClO2/c1-3-13(4-2,9-12(15)16)10-7-5-6-8-11(10)14/h5-8H,3-4,9H2,1-2H3,(H,15,16). The quantitative estimate of drug-likeness (QED) is 0.848. The first-order valence-electron chi connectivity index (χ1n) is 5.52. The molecule has 0 radical (unpaired) electrons. The lowest BCUT2D eigenvalue weighted by Crippen LogP contribution is -2.28. The Balaban J connectivity index is 3.20. The number of carboxylic acids is 1. The van der Waals surface area contributed by atoms with Crippen molar-refractivity contribution in [1.82, 2.24) is 0 Å². The van der Waals surface area contributed by atoms with Crippen LogP contribution in [0.4, 0.5) is 0 Å². The first kappa shape index (κ1) is 13.0. The number of aliphatic carboxylic acids is 1. The Labute approximate surface area is 101 Å². The smallest absolute Gasteiger partial charge is 0.304 e. The minimum Gasteiger partial charge on any atom is -0.481 e. The molecule has 0 saturated carbocycles. The molecule has 1 rings (SSSR count). The molecule has 2 nitrogen and oxygen atoms in total. The van der Waals surface area contributed by atoms with Gasteiger partial charge in [-0.3, -0.25) is 4.79 Å². The van der Waals surface area contributed by atoms with Crippen LogP contribution in [0.15, 0.2) is 24.3 Å². The summed E-state index contributed by atoms with van der Waals surface area (Å²) in [6.45, 7) is 4.02. The summed E-state index contributed by atoms with van der Waals surface area (Å²) in [6, 6.07) is 7.52. The number of carbonyl (C=O) groups is 1. The summed E-state index contributed by atoms with van der Waals surface area (Å²) in [5, 5.41) is 9.68. The second kappa shape index (κ2) is 5.35. The molecule has 0 saturated heterocycles. The van der Waals surface area contributed by atoms with E-state index in [4.69, 9.17) is 16.7 Å². The van der Waals surface area contributed by atoms with E-state index in [1.807, 2.05) is 38.1 Å². The number of hydrogen-bond acceptors (Lipinski definition) is 1. The molecule has 0 aliphatic heterocycles. The van der Waals surface area contributed by atoms with Crippen molar-refractivity contribution in [2.75, 3.05) is 0 Å². The van der Waals surface area contributed by atoms with Crippen molar-refractivity contribution in [3.63, 3.8) is 0 Å². The summed E-state index contributed by atoms with van der Waals surface area (Å²) < 4.78 is 0. The average molecular weight is 241 g/mol. The van der Waals surface area contributed by atoms with Crippen LogP contribution < -0.4 is 0 Å². The SMILES string of the molecule is CCC(CC)(CC(=O)O)c1ccccc1Cl. The molecule has 0 bridgehead atoms. The van der Waals surface area contributed by atoms with E-state index in [2.05, 4.69) is 0 Å². The Kier molecular flexibility index (Phi) is 4.36. The van der Waals surface area contributed by atoms with Gasteiger partial charge in [0.2, 0.25) is 0 Å². The molecular formula is C13H17ClO2. The summed E-state index contributed by atoms with van der Waals surface area (Å²) in [7, 11) is 0. The van der Waals surface area contributed by atoms with E-state index in [1.165, 1.54) is 0 Å². The highest BCUT2D eigenvalue weighted by Crippen LogP contribution is 2.38. The molecule has 3 heteroatoms. The van der Waals surface area contributed by atoms with Gasteiger partial charge in [-0.15, -0.1) is 0 Å². The van der Waals surface area contributed by atoms with E-state index in [-0.39, 0.29) is 11.8 Å². The molecule has 0 aromatic heterocycles. The number of benzene rings is 1. The van der Waals surface area contributed by atoms with Crippen molar-refractivity contribution in [2.24, 2.45) is 0 Å².